The lowest BCUT2D eigenvalue weighted by Gasteiger charge is -2.07. The number of sulfonamides is 1. The van der Waals surface area contributed by atoms with E-state index in [1.165, 1.54) is 18.7 Å². The summed E-state index contributed by atoms with van der Waals surface area (Å²) in [4.78, 5) is 27.5. The summed E-state index contributed by atoms with van der Waals surface area (Å²) in [6.45, 7) is 1.53. The summed E-state index contributed by atoms with van der Waals surface area (Å²) in [6.07, 6.45) is 0. The SMILES string of the molecule is Cc1[nH]c(=O)[nH]c(=O)c1S(=O)(=O)NCCSc1ccccc1. The minimum Gasteiger partial charge on any atom is -0.310 e. The molecule has 0 aliphatic carbocycles. The van der Waals surface area contributed by atoms with Crippen molar-refractivity contribution in [1.29, 1.82) is 0 Å². The zero-order valence-corrected chi connectivity index (χ0v) is 13.4. The van der Waals surface area contributed by atoms with Crippen molar-refractivity contribution in [1.82, 2.24) is 14.7 Å². The van der Waals surface area contributed by atoms with Crippen molar-refractivity contribution in [2.45, 2.75) is 16.7 Å². The predicted octanol–water partition coefficient (Wildman–Crippen LogP) is 0.442. The fourth-order valence-electron chi connectivity index (χ4n) is 1.85. The van der Waals surface area contributed by atoms with Crippen LogP contribution in [0.3, 0.4) is 0 Å². The second-order valence-electron chi connectivity index (χ2n) is 4.42. The normalized spacial score (nSPS) is 11.5. The van der Waals surface area contributed by atoms with Gasteiger partial charge in [-0.2, -0.15) is 0 Å². The quantitative estimate of drug-likeness (QED) is 0.521. The molecule has 7 nitrogen and oxygen atoms in total. The highest BCUT2D eigenvalue weighted by molar-refractivity contribution is 7.99. The van der Waals surface area contributed by atoms with Gasteiger partial charge in [-0.1, -0.05) is 18.2 Å². The number of hydrogen-bond acceptors (Lipinski definition) is 5. The molecule has 22 heavy (non-hydrogen) atoms. The highest BCUT2D eigenvalue weighted by atomic mass is 32.2. The number of rotatable bonds is 6. The number of hydrogen-bond donors (Lipinski definition) is 3. The van der Waals surface area contributed by atoms with Gasteiger partial charge in [-0.3, -0.25) is 9.78 Å². The zero-order valence-electron chi connectivity index (χ0n) is 11.8. The minimum absolute atomic E-state index is 0.0111. The number of aryl methyl sites for hydroxylation is 1. The molecule has 3 N–H and O–H groups in total. The van der Waals surface area contributed by atoms with Gasteiger partial charge in [0.2, 0.25) is 10.0 Å². The van der Waals surface area contributed by atoms with Crippen LogP contribution in [0.1, 0.15) is 5.69 Å². The van der Waals surface area contributed by atoms with Crippen molar-refractivity contribution in [2.24, 2.45) is 0 Å². The summed E-state index contributed by atoms with van der Waals surface area (Å²) in [5.41, 5.74) is -1.65. The summed E-state index contributed by atoms with van der Waals surface area (Å²) >= 11 is 1.50. The molecule has 0 saturated carbocycles. The number of benzene rings is 1. The Morgan fingerprint density at radius 3 is 2.45 bits per heavy atom. The van der Waals surface area contributed by atoms with E-state index in [2.05, 4.69) is 9.71 Å². The van der Waals surface area contributed by atoms with Gasteiger partial charge in [-0.05, 0) is 19.1 Å². The smallest absolute Gasteiger partial charge is 0.310 e. The Bertz CT molecular complexity index is 857. The molecule has 0 aliphatic rings. The van der Waals surface area contributed by atoms with Gasteiger partial charge >= 0.3 is 5.69 Å². The van der Waals surface area contributed by atoms with E-state index in [9.17, 15) is 18.0 Å². The van der Waals surface area contributed by atoms with E-state index in [4.69, 9.17) is 0 Å². The van der Waals surface area contributed by atoms with Crippen molar-refractivity contribution < 1.29 is 8.42 Å². The largest absolute Gasteiger partial charge is 0.325 e. The molecule has 0 amide bonds. The van der Waals surface area contributed by atoms with Gasteiger partial charge in [0.05, 0.1) is 0 Å². The summed E-state index contributed by atoms with van der Waals surface area (Å²) in [6, 6.07) is 9.55. The van der Waals surface area contributed by atoms with Crippen LogP contribution in [-0.4, -0.2) is 30.7 Å². The Morgan fingerprint density at radius 1 is 1.14 bits per heavy atom. The molecule has 1 heterocycles. The fourth-order valence-corrected chi connectivity index (χ4v) is 4.03. The number of aromatic amines is 2. The van der Waals surface area contributed by atoms with Crippen LogP contribution in [0.25, 0.3) is 0 Å². The maximum Gasteiger partial charge on any atom is 0.325 e. The van der Waals surface area contributed by atoms with E-state index in [0.717, 1.165) is 4.90 Å². The van der Waals surface area contributed by atoms with Gasteiger partial charge in [0.25, 0.3) is 5.56 Å². The highest BCUT2D eigenvalue weighted by Gasteiger charge is 2.21. The van der Waals surface area contributed by atoms with Gasteiger partial charge in [0, 0.05) is 22.9 Å². The van der Waals surface area contributed by atoms with Gasteiger partial charge in [-0.15, -0.1) is 11.8 Å². The van der Waals surface area contributed by atoms with E-state index in [-0.39, 0.29) is 12.2 Å². The van der Waals surface area contributed by atoms with Crippen molar-refractivity contribution in [3.8, 4) is 0 Å². The summed E-state index contributed by atoms with van der Waals surface area (Å²) < 4.78 is 26.6. The van der Waals surface area contributed by atoms with Gasteiger partial charge < -0.3 is 4.98 Å². The molecule has 9 heteroatoms. The third-order valence-corrected chi connectivity index (χ3v) is 5.38. The maximum atomic E-state index is 12.1. The Labute approximate surface area is 131 Å². The Morgan fingerprint density at radius 2 is 1.82 bits per heavy atom. The maximum absolute atomic E-state index is 12.1. The predicted molar refractivity (Wildman–Crippen MR) is 84.8 cm³/mol. The highest BCUT2D eigenvalue weighted by Crippen LogP contribution is 2.16. The lowest BCUT2D eigenvalue weighted by atomic mass is 10.4. The first-order chi connectivity index (χ1) is 10.4. The molecule has 2 rings (SSSR count). The van der Waals surface area contributed by atoms with E-state index in [0.29, 0.717) is 5.75 Å². The number of H-pyrrole nitrogens is 2. The van der Waals surface area contributed by atoms with E-state index in [1.807, 2.05) is 35.3 Å². The third kappa shape index (κ3) is 4.09. The molecule has 0 fully saturated rings. The molecule has 0 saturated heterocycles. The van der Waals surface area contributed by atoms with Gasteiger partial charge in [0.15, 0.2) is 4.90 Å². The first-order valence-corrected chi connectivity index (χ1v) is 8.88. The second-order valence-corrected chi connectivity index (χ2v) is 7.29. The molecule has 0 radical (unpaired) electrons. The topological polar surface area (TPSA) is 112 Å². The number of aromatic nitrogens is 2. The van der Waals surface area contributed by atoms with Crippen LogP contribution in [0.15, 0.2) is 49.7 Å². The van der Waals surface area contributed by atoms with Crippen molar-refractivity contribution in [3.63, 3.8) is 0 Å². The lowest BCUT2D eigenvalue weighted by molar-refractivity contribution is 0.580. The molecule has 0 spiro atoms. The first kappa shape index (κ1) is 16.5. The average Bonchev–Trinajstić information content (AvgIpc) is 2.43. The average molecular weight is 341 g/mol. The fraction of sp³-hybridized carbons (Fsp3) is 0.231. The molecule has 2 aromatic rings. The van der Waals surface area contributed by atoms with E-state index in [1.54, 1.807) is 0 Å². The van der Waals surface area contributed by atoms with Crippen LogP contribution >= 0.6 is 11.8 Å². The van der Waals surface area contributed by atoms with Crippen LogP contribution in [0.2, 0.25) is 0 Å². The van der Waals surface area contributed by atoms with E-state index < -0.39 is 26.2 Å². The van der Waals surface area contributed by atoms with Crippen molar-refractivity contribution in [3.05, 3.63) is 56.9 Å². The first-order valence-electron chi connectivity index (χ1n) is 6.41. The molecule has 0 unspecified atom stereocenters. The third-order valence-electron chi connectivity index (χ3n) is 2.75. The van der Waals surface area contributed by atoms with Gasteiger partial charge in [0.1, 0.15) is 0 Å². The second kappa shape index (κ2) is 6.95. The molecular formula is C13H15N3O4S2. The summed E-state index contributed by atoms with van der Waals surface area (Å²) in [5, 5.41) is 0. The minimum atomic E-state index is -3.97. The molecule has 1 aromatic heterocycles. The number of thioether (sulfide) groups is 1. The molecular weight excluding hydrogens is 326 g/mol. The van der Waals surface area contributed by atoms with Crippen LogP contribution in [-0.2, 0) is 10.0 Å². The molecule has 1 aromatic carbocycles. The zero-order chi connectivity index (χ0) is 16.2. The van der Waals surface area contributed by atoms with Crippen LogP contribution in [0.4, 0.5) is 0 Å². The standard InChI is InChI=1S/C13H15N3O4S2/c1-9-11(12(17)16-13(18)15-9)22(19,20)14-7-8-21-10-5-3-2-4-6-10/h2-6,14H,7-8H2,1H3,(H2,15,16,17,18). The van der Waals surface area contributed by atoms with Crippen molar-refractivity contribution in [2.75, 3.05) is 12.3 Å². The summed E-state index contributed by atoms with van der Waals surface area (Å²) in [7, 11) is -3.97. The van der Waals surface area contributed by atoms with Gasteiger partial charge in [-0.25, -0.2) is 17.9 Å². The van der Waals surface area contributed by atoms with Crippen LogP contribution in [0, 0.1) is 6.92 Å². The summed E-state index contributed by atoms with van der Waals surface area (Å²) in [5.74, 6) is 0.517. The number of nitrogens with one attached hydrogen (secondary N) is 3. The van der Waals surface area contributed by atoms with Crippen molar-refractivity contribution >= 4 is 21.8 Å². The Kier molecular flexibility index (Phi) is 5.22. The van der Waals surface area contributed by atoms with E-state index >= 15 is 0 Å². The monoisotopic (exact) mass is 341 g/mol. The lowest BCUT2D eigenvalue weighted by Crippen LogP contribution is -2.35. The Hall–Kier alpha value is -1.84. The van der Waals surface area contributed by atoms with Crippen LogP contribution < -0.4 is 16.0 Å². The Balaban J connectivity index is 2.03. The molecule has 0 atom stereocenters. The molecule has 0 bridgehead atoms. The molecule has 118 valence electrons. The molecule has 0 aliphatic heterocycles. The van der Waals surface area contributed by atoms with Crippen LogP contribution in [0.5, 0.6) is 0 Å².